The molecule has 0 amide bonds. The third kappa shape index (κ3) is 20.1. The van der Waals surface area contributed by atoms with Gasteiger partial charge in [0.1, 0.15) is 0 Å². The van der Waals surface area contributed by atoms with Gasteiger partial charge in [-0.05, 0) is 40.0 Å². The molecule has 2 N–H and O–H groups in total. The molecule has 6 nitrogen and oxygen atoms in total. The largest absolute Gasteiger partial charge is 0.393 e. The minimum Gasteiger partial charge on any atom is -0.393 e. The maximum atomic E-state index is 9.52. The summed E-state index contributed by atoms with van der Waals surface area (Å²) >= 11 is 0. The molecule has 0 aromatic heterocycles. The summed E-state index contributed by atoms with van der Waals surface area (Å²) in [5.41, 5.74) is 0. The van der Waals surface area contributed by atoms with Crippen LogP contribution in [0.25, 0.3) is 0 Å². The van der Waals surface area contributed by atoms with Crippen molar-refractivity contribution in [2.75, 3.05) is 12.5 Å². The van der Waals surface area contributed by atoms with Crippen LogP contribution in [0, 0.1) is 0 Å². The lowest BCUT2D eigenvalue weighted by Crippen LogP contribution is -2.17. The normalized spacial score (nSPS) is 19.6. The highest BCUT2D eigenvalue weighted by Gasteiger charge is 2.27. The molecule has 1 aliphatic heterocycles. The van der Waals surface area contributed by atoms with Crippen LogP contribution in [0.2, 0.25) is 0 Å². The molecule has 20 heavy (non-hydrogen) atoms. The van der Waals surface area contributed by atoms with Gasteiger partial charge in [-0.1, -0.05) is 13.8 Å². The molecule has 1 aliphatic rings. The van der Waals surface area contributed by atoms with Crippen LogP contribution in [0.3, 0.4) is 0 Å². The van der Waals surface area contributed by atoms with E-state index in [0.717, 1.165) is 25.9 Å². The average molecular weight is 314 g/mol. The Bertz CT molecular complexity index is 290. The molecule has 1 heterocycles. The Kier molecular flexibility index (Phi) is 13.8. The number of aliphatic hydroxyl groups excluding tert-OH is 2. The van der Waals surface area contributed by atoms with Gasteiger partial charge in [0.25, 0.3) is 10.1 Å². The van der Waals surface area contributed by atoms with Crippen molar-refractivity contribution in [3.05, 3.63) is 0 Å². The van der Waals surface area contributed by atoms with Gasteiger partial charge < -0.3 is 14.9 Å². The van der Waals surface area contributed by atoms with E-state index in [4.69, 9.17) is 14.9 Å². The van der Waals surface area contributed by atoms with Crippen LogP contribution >= 0.6 is 0 Å². The second-order valence-corrected chi connectivity index (χ2v) is 6.21. The van der Waals surface area contributed by atoms with E-state index in [9.17, 15) is 8.42 Å². The van der Waals surface area contributed by atoms with Gasteiger partial charge in [-0.3, -0.25) is 0 Å². The lowest BCUT2D eigenvalue weighted by molar-refractivity contribution is 0.0229. The third-order valence-corrected chi connectivity index (χ3v) is 2.98. The molecule has 0 aromatic rings. The second-order valence-electron chi connectivity index (χ2n) is 4.62. The standard InChI is InChI=1S/C8H18O2.C4H10O.CH2O3S/c1-4-8(10-5-2)6-7(3)9;1-3-4(2)5;2-5(3)1-4-5/h7-9H,4-6H2,1-3H3;4-5H,3H2,1-2H3;1H2. The molecular formula is C13H30O6S. The first-order chi connectivity index (χ1) is 9.18. The molecule has 1 rings (SSSR count). The van der Waals surface area contributed by atoms with E-state index in [-0.39, 0.29) is 24.3 Å². The van der Waals surface area contributed by atoms with E-state index in [1.165, 1.54) is 0 Å². The molecule has 0 radical (unpaired) electrons. The lowest BCUT2D eigenvalue weighted by Gasteiger charge is -2.15. The van der Waals surface area contributed by atoms with Crippen LogP contribution in [0.15, 0.2) is 0 Å². The molecule has 1 saturated heterocycles. The van der Waals surface area contributed by atoms with Crippen LogP contribution in [0.1, 0.15) is 53.9 Å². The Morgan fingerprint density at radius 3 is 1.65 bits per heavy atom. The first kappa shape index (κ1) is 22.1. The topological polar surface area (TPSA) is 96.4 Å². The molecule has 0 bridgehead atoms. The van der Waals surface area contributed by atoms with E-state index in [0.29, 0.717) is 0 Å². The molecule has 3 unspecified atom stereocenters. The van der Waals surface area contributed by atoms with Gasteiger partial charge in [0.2, 0.25) is 0 Å². The molecule has 0 aliphatic carbocycles. The summed E-state index contributed by atoms with van der Waals surface area (Å²) in [5, 5.41) is 17.4. The number of aliphatic hydroxyl groups is 2. The summed E-state index contributed by atoms with van der Waals surface area (Å²) in [4.78, 5) is 0. The van der Waals surface area contributed by atoms with Crippen LogP contribution in [0.5, 0.6) is 0 Å². The van der Waals surface area contributed by atoms with Gasteiger partial charge in [0.05, 0.1) is 18.3 Å². The predicted molar refractivity (Wildman–Crippen MR) is 78.8 cm³/mol. The summed E-state index contributed by atoms with van der Waals surface area (Å²) in [6.07, 6.45) is 2.49. The van der Waals surface area contributed by atoms with Gasteiger partial charge in [0, 0.05) is 6.61 Å². The monoisotopic (exact) mass is 314 g/mol. The average Bonchev–Trinajstić information content (AvgIpc) is 3.05. The summed E-state index contributed by atoms with van der Waals surface area (Å²) in [7, 11) is -2.92. The van der Waals surface area contributed by atoms with E-state index < -0.39 is 10.1 Å². The molecule has 0 aromatic carbocycles. The number of hydrogen-bond donors (Lipinski definition) is 2. The Morgan fingerprint density at radius 1 is 1.10 bits per heavy atom. The zero-order chi connectivity index (χ0) is 16.2. The summed E-state index contributed by atoms with van der Waals surface area (Å²) in [6, 6.07) is 0. The molecule has 124 valence electrons. The molecule has 3 atom stereocenters. The Hall–Kier alpha value is -0.210. The van der Waals surface area contributed by atoms with E-state index in [2.05, 4.69) is 11.1 Å². The molecule has 0 spiro atoms. The molecule has 0 saturated carbocycles. The maximum Gasteiger partial charge on any atom is 0.294 e. The summed E-state index contributed by atoms with van der Waals surface area (Å²) in [5.74, 6) is -0.0764. The maximum absolute atomic E-state index is 9.52. The van der Waals surface area contributed by atoms with Crippen molar-refractivity contribution in [3.8, 4) is 0 Å². The number of hydrogen-bond acceptors (Lipinski definition) is 6. The van der Waals surface area contributed by atoms with Crippen molar-refractivity contribution in [1.29, 1.82) is 0 Å². The molecule has 7 heteroatoms. The van der Waals surface area contributed by atoms with Crippen molar-refractivity contribution in [2.24, 2.45) is 0 Å². The SMILES string of the molecule is CCC(C)O.CCOC(CC)CC(C)O.O=S1(=O)CO1. The summed E-state index contributed by atoms with van der Waals surface area (Å²) < 4.78 is 28.3. The highest BCUT2D eigenvalue weighted by Crippen LogP contribution is 2.07. The van der Waals surface area contributed by atoms with Crippen LogP contribution in [-0.4, -0.2) is 49.5 Å². The van der Waals surface area contributed by atoms with E-state index in [1.807, 2.05) is 13.8 Å². The van der Waals surface area contributed by atoms with Crippen molar-refractivity contribution >= 4 is 10.1 Å². The van der Waals surface area contributed by atoms with Crippen molar-refractivity contribution in [1.82, 2.24) is 0 Å². The molecule has 1 fully saturated rings. The third-order valence-electron chi connectivity index (χ3n) is 2.36. The minimum atomic E-state index is -2.92. The van der Waals surface area contributed by atoms with Gasteiger partial charge in [-0.15, -0.1) is 0 Å². The quantitative estimate of drug-likeness (QED) is 0.724. The zero-order valence-electron chi connectivity index (χ0n) is 13.2. The lowest BCUT2D eigenvalue weighted by atomic mass is 10.1. The van der Waals surface area contributed by atoms with Gasteiger partial charge in [0.15, 0.2) is 5.94 Å². The first-order valence-corrected chi connectivity index (χ1v) is 8.60. The van der Waals surface area contributed by atoms with Crippen LogP contribution in [0.4, 0.5) is 0 Å². The Labute approximate surface area is 123 Å². The Morgan fingerprint density at radius 2 is 1.50 bits per heavy atom. The van der Waals surface area contributed by atoms with Gasteiger partial charge in [-0.25, -0.2) is 4.18 Å². The number of rotatable bonds is 6. The van der Waals surface area contributed by atoms with Gasteiger partial charge >= 0.3 is 0 Å². The number of ether oxygens (including phenoxy) is 1. The molecular weight excluding hydrogens is 284 g/mol. The summed E-state index contributed by atoms with van der Waals surface area (Å²) in [6.45, 7) is 10.3. The Balaban J connectivity index is 0. The second kappa shape index (κ2) is 12.5. The van der Waals surface area contributed by atoms with E-state index >= 15 is 0 Å². The van der Waals surface area contributed by atoms with Crippen molar-refractivity contribution in [3.63, 3.8) is 0 Å². The minimum absolute atomic E-state index is 0.0764. The first-order valence-electron chi connectivity index (χ1n) is 7.03. The predicted octanol–water partition coefficient (Wildman–Crippen LogP) is 1.65. The highest BCUT2D eigenvalue weighted by atomic mass is 32.2. The zero-order valence-corrected chi connectivity index (χ0v) is 14.0. The fourth-order valence-corrected chi connectivity index (χ4v) is 1.32. The van der Waals surface area contributed by atoms with Gasteiger partial charge in [-0.2, -0.15) is 8.42 Å². The van der Waals surface area contributed by atoms with Crippen LogP contribution < -0.4 is 0 Å². The van der Waals surface area contributed by atoms with Crippen LogP contribution in [-0.2, 0) is 19.0 Å². The fourth-order valence-electron chi connectivity index (χ4n) is 1.01. The smallest absolute Gasteiger partial charge is 0.294 e. The fraction of sp³-hybridized carbons (Fsp3) is 1.00. The van der Waals surface area contributed by atoms with Crippen molar-refractivity contribution in [2.45, 2.75) is 72.2 Å². The highest BCUT2D eigenvalue weighted by molar-refractivity contribution is 7.91. The van der Waals surface area contributed by atoms with Crippen molar-refractivity contribution < 1.29 is 27.6 Å². The van der Waals surface area contributed by atoms with E-state index in [1.54, 1.807) is 13.8 Å².